The number of hydrogen-bond acceptors (Lipinski definition) is 10. The molecular weight excluding hydrogens is 865 g/mol. The number of alkyl halides is 15. The number of hydrogen-bond donors (Lipinski definition) is 2. The highest BCUT2D eigenvalue weighted by Crippen LogP contribution is 2.60. The van der Waals surface area contributed by atoms with Crippen LogP contribution in [-0.2, 0) is 38.1 Å². The van der Waals surface area contributed by atoms with Crippen molar-refractivity contribution < 1.29 is 114 Å². The lowest BCUT2D eigenvalue weighted by Crippen LogP contribution is -2.67. The summed E-state index contributed by atoms with van der Waals surface area (Å²) >= 11 is 0. The van der Waals surface area contributed by atoms with E-state index in [-0.39, 0.29) is 12.3 Å². The minimum Gasteiger partial charge on any atom is -0.462 e. The van der Waals surface area contributed by atoms with Crippen LogP contribution in [0.1, 0.15) is 80.1 Å². The molecule has 0 radical (unpaired) electrons. The molecule has 1 saturated heterocycles. The van der Waals surface area contributed by atoms with Crippen molar-refractivity contribution in [2.75, 3.05) is 6.61 Å². The maximum absolute atomic E-state index is 13.3. The van der Waals surface area contributed by atoms with Crippen LogP contribution >= 0.6 is 0 Å². The monoisotopic (exact) mass is 908 g/mol. The van der Waals surface area contributed by atoms with Crippen LogP contribution in [0.15, 0.2) is 0 Å². The van der Waals surface area contributed by atoms with E-state index in [9.17, 15) is 95.2 Å². The lowest BCUT2D eigenvalue weighted by atomic mass is 9.65. The van der Waals surface area contributed by atoms with Gasteiger partial charge < -0.3 is 29.2 Å². The summed E-state index contributed by atoms with van der Waals surface area (Å²) in [7, 11) is 0. The molecule has 8 unspecified atom stereocenters. The average Bonchev–Trinajstić information content (AvgIpc) is 3.71. The highest BCUT2D eigenvalue weighted by molar-refractivity contribution is 5.86. The smallest absolute Gasteiger partial charge is 0.426 e. The van der Waals surface area contributed by atoms with Crippen LogP contribution < -0.4 is 0 Å². The molecule has 1 aliphatic heterocycles. The fourth-order valence-corrected chi connectivity index (χ4v) is 7.89. The van der Waals surface area contributed by atoms with Crippen LogP contribution in [-0.4, -0.2) is 101 Å². The molecule has 348 valence electrons. The van der Waals surface area contributed by atoms with Gasteiger partial charge in [-0.1, -0.05) is 13.8 Å². The first-order valence-electron chi connectivity index (χ1n) is 18.3. The molecule has 25 heteroatoms. The number of aliphatic hydroxyl groups is 2. The minimum atomic E-state index is -6.58. The van der Waals surface area contributed by atoms with Crippen LogP contribution in [0.25, 0.3) is 0 Å². The van der Waals surface area contributed by atoms with Crippen molar-refractivity contribution in [3.8, 4) is 0 Å². The van der Waals surface area contributed by atoms with E-state index in [1.165, 1.54) is 20.8 Å². The number of esters is 4. The third kappa shape index (κ3) is 9.54. The number of carbonyl (C=O) groups excluding carboxylic acids is 4. The predicted octanol–water partition coefficient (Wildman–Crippen LogP) is 7.71. The third-order valence-electron chi connectivity index (χ3n) is 12.2. The summed E-state index contributed by atoms with van der Waals surface area (Å²) in [5, 5.41) is 19.2. The van der Waals surface area contributed by atoms with E-state index < -0.39 is 151 Å². The summed E-state index contributed by atoms with van der Waals surface area (Å²) in [6, 6.07) is 0. The van der Waals surface area contributed by atoms with Crippen LogP contribution in [0.2, 0.25) is 0 Å². The number of fused-ring (bicyclic) bond motifs is 1. The minimum absolute atomic E-state index is 0.0184. The molecule has 0 aromatic heterocycles. The molecule has 0 spiro atoms. The Bertz CT molecular complexity index is 1520. The number of ether oxygens (including phenoxy) is 4. The van der Waals surface area contributed by atoms with Crippen molar-refractivity contribution in [2.24, 2.45) is 46.3 Å². The first kappa shape index (κ1) is 51.1. The van der Waals surface area contributed by atoms with Gasteiger partial charge in [0.15, 0.2) is 6.61 Å². The summed E-state index contributed by atoms with van der Waals surface area (Å²) in [5.41, 5.74) is -13.7. The highest BCUT2D eigenvalue weighted by atomic mass is 19.4. The Balaban J connectivity index is 0.000000330. The normalized spacial score (nSPS) is 29.1. The standard InChI is InChI=1S/C18H22F12O4.C17H21F3O6/c1-4-12(2,3)11(31)34-10-6-8(13(32,15(19,20)21)16(22,23)24)5-9(7-10)14(33,17(25,26)27)18(28,29)30;1-4-16(2,3)15(23)26-12-7-5-8-10(14(22)25-11(8)12)9(7)13(21)24-6-17(18,19)20/h8-10,32-33H,4-7H2,1-3H3;7-12H,4-6H2,1-3H3. The molecule has 3 aliphatic carbocycles. The van der Waals surface area contributed by atoms with E-state index >= 15 is 0 Å². The summed E-state index contributed by atoms with van der Waals surface area (Å²) < 4.78 is 217. The summed E-state index contributed by atoms with van der Waals surface area (Å²) in [6.45, 7) is 7.35. The molecule has 60 heavy (non-hydrogen) atoms. The van der Waals surface area contributed by atoms with Crippen molar-refractivity contribution in [3.05, 3.63) is 0 Å². The number of carbonyl (C=O) groups is 4. The van der Waals surface area contributed by atoms with Gasteiger partial charge in [-0.15, -0.1) is 0 Å². The van der Waals surface area contributed by atoms with E-state index in [4.69, 9.17) is 14.2 Å². The van der Waals surface area contributed by atoms with Gasteiger partial charge in [-0.3, -0.25) is 19.2 Å². The van der Waals surface area contributed by atoms with Gasteiger partial charge in [0, 0.05) is 23.7 Å². The Morgan fingerprint density at radius 2 is 1.03 bits per heavy atom. The summed E-state index contributed by atoms with van der Waals surface area (Å²) in [4.78, 5) is 48.9. The second-order valence-electron chi connectivity index (χ2n) is 16.7. The second-order valence-corrected chi connectivity index (χ2v) is 16.7. The topological polar surface area (TPSA) is 146 Å². The van der Waals surface area contributed by atoms with E-state index in [2.05, 4.69) is 4.74 Å². The van der Waals surface area contributed by atoms with Crippen molar-refractivity contribution in [1.82, 2.24) is 0 Å². The Morgan fingerprint density at radius 3 is 1.40 bits per heavy atom. The summed E-state index contributed by atoms with van der Waals surface area (Å²) in [6.07, 6.45) is -39.2. The van der Waals surface area contributed by atoms with Crippen LogP contribution in [0, 0.1) is 46.3 Å². The molecule has 8 atom stereocenters. The van der Waals surface area contributed by atoms with Gasteiger partial charge in [0.2, 0.25) is 0 Å². The molecule has 0 amide bonds. The molecular formula is C35H43F15O10. The molecule has 4 fully saturated rings. The Kier molecular flexibility index (Phi) is 14.0. The van der Waals surface area contributed by atoms with Crippen LogP contribution in [0.4, 0.5) is 65.9 Å². The first-order chi connectivity index (χ1) is 26.7. The quantitative estimate of drug-likeness (QED) is 0.127. The van der Waals surface area contributed by atoms with Crippen molar-refractivity contribution in [2.45, 2.75) is 140 Å². The average molecular weight is 909 g/mol. The number of rotatable bonds is 10. The van der Waals surface area contributed by atoms with Gasteiger partial charge in [0.05, 0.1) is 22.7 Å². The van der Waals surface area contributed by atoms with Gasteiger partial charge in [-0.25, -0.2) is 0 Å². The maximum Gasteiger partial charge on any atom is 0.426 e. The zero-order valence-electron chi connectivity index (χ0n) is 32.5. The fourth-order valence-electron chi connectivity index (χ4n) is 7.89. The largest absolute Gasteiger partial charge is 0.462 e. The molecule has 4 rings (SSSR count). The molecule has 0 aromatic carbocycles. The van der Waals surface area contributed by atoms with Gasteiger partial charge in [-0.2, -0.15) is 65.9 Å². The Labute approximate surface area is 331 Å². The molecule has 0 aromatic rings. The first-order valence-corrected chi connectivity index (χ1v) is 18.3. The maximum atomic E-state index is 13.3. The zero-order chi connectivity index (χ0) is 46.8. The predicted molar refractivity (Wildman–Crippen MR) is 168 cm³/mol. The van der Waals surface area contributed by atoms with Crippen molar-refractivity contribution in [1.29, 1.82) is 0 Å². The van der Waals surface area contributed by atoms with Gasteiger partial charge in [0.25, 0.3) is 11.2 Å². The highest BCUT2D eigenvalue weighted by Gasteiger charge is 2.78. The Hall–Kier alpha value is -3.25. The Morgan fingerprint density at radius 1 is 0.633 bits per heavy atom. The molecule has 2 bridgehead atoms. The van der Waals surface area contributed by atoms with Crippen LogP contribution in [0.5, 0.6) is 0 Å². The van der Waals surface area contributed by atoms with Crippen molar-refractivity contribution >= 4 is 23.9 Å². The van der Waals surface area contributed by atoms with Crippen molar-refractivity contribution in [3.63, 3.8) is 0 Å². The molecule has 4 aliphatic rings. The summed E-state index contributed by atoms with van der Waals surface area (Å²) in [5.74, 6) is -13.1. The van der Waals surface area contributed by atoms with Gasteiger partial charge in [-0.05, 0) is 66.2 Å². The SMILES string of the molecule is CCC(C)(C)C(=O)OC1C2CC3C1OC(=O)C3C2C(=O)OCC(F)(F)F.CCC(C)(C)C(=O)OC1CC(C(O)(C(F)(F)F)C(F)(F)F)CC(C(O)(C(F)(F)F)C(F)(F)F)C1. The van der Waals surface area contributed by atoms with Crippen LogP contribution in [0.3, 0.4) is 0 Å². The molecule has 1 heterocycles. The number of halogens is 15. The molecule has 2 N–H and O–H groups in total. The van der Waals surface area contributed by atoms with Gasteiger partial charge in [0.1, 0.15) is 18.3 Å². The van der Waals surface area contributed by atoms with E-state index in [0.29, 0.717) is 12.8 Å². The third-order valence-corrected chi connectivity index (χ3v) is 12.2. The molecule has 3 saturated carbocycles. The van der Waals surface area contributed by atoms with Gasteiger partial charge >= 0.3 is 54.8 Å². The van der Waals surface area contributed by atoms with E-state index in [1.54, 1.807) is 13.8 Å². The fraction of sp³-hybridized carbons (Fsp3) is 0.886. The van der Waals surface area contributed by atoms with E-state index in [1.807, 2.05) is 6.92 Å². The second kappa shape index (κ2) is 16.5. The zero-order valence-corrected chi connectivity index (χ0v) is 32.5. The van der Waals surface area contributed by atoms with E-state index in [0.717, 1.165) is 0 Å². The lowest BCUT2D eigenvalue weighted by Gasteiger charge is -2.48. The lowest BCUT2D eigenvalue weighted by molar-refractivity contribution is -0.405. The molecule has 10 nitrogen and oxygen atoms in total.